The van der Waals surface area contributed by atoms with Gasteiger partial charge < -0.3 is 12.4 Å². The topological polar surface area (TPSA) is 0 Å². The van der Waals surface area contributed by atoms with E-state index < -0.39 is 0 Å². The van der Waals surface area contributed by atoms with Crippen molar-refractivity contribution in [2.45, 2.75) is 58.3 Å². The fourth-order valence-corrected chi connectivity index (χ4v) is 1.97. The molecule has 0 amide bonds. The lowest BCUT2D eigenvalue weighted by Gasteiger charge is -2.20. The van der Waals surface area contributed by atoms with Crippen LogP contribution in [0.4, 0.5) is 0 Å². The number of hydrogen-bond acceptors (Lipinski definition) is 0. The SMILES string of the molecule is CCCCC1CCCCC1.[Cl-]. The smallest absolute Gasteiger partial charge is 0.0414 e. The lowest BCUT2D eigenvalue weighted by molar-refractivity contribution is -0.00000229. The summed E-state index contributed by atoms with van der Waals surface area (Å²) in [5.41, 5.74) is 0. The molecule has 1 fully saturated rings. The third-order valence-electron chi connectivity index (χ3n) is 2.69. The molecule has 1 heteroatoms. The van der Waals surface area contributed by atoms with Gasteiger partial charge in [-0.3, -0.25) is 0 Å². The van der Waals surface area contributed by atoms with Crippen LogP contribution >= 0.6 is 0 Å². The molecule has 1 aliphatic carbocycles. The van der Waals surface area contributed by atoms with Crippen molar-refractivity contribution in [3.8, 4) is 0 Å². The summed E-state index contributed by atoms with van der Waals surface area (Å²) in [6, 6.07) is 0. The Bertz CT molecular complexity index is 74.9. The van der Waals surface area contributed by atoms with Gasteiger partial charge in [0.05, 0.1) is 0 Å². The molecule has 0 saturated heterocycles. The van der Waals surface area contributed by atoms with Gasteiger partial charge in [-0.05, 0) is 5.92 Å². The second-order valence-corrected chi connectivity index (χ2v) is 3.65. The second kappa shape index (κ2) is 6.97. The van der Waals surface area contributed by atoms with Crippen LogP contribution in [0, 0.1) is 5.92 Å². The van der Waals surface area contributed by atoms with Crippen LogP contribution in [0.2, 0.25) is 0 Å². The third-order valence-corrected chi connectivity index (χ3v) is 2.69. The predicted molar refractivity (Wildman–Crippen MR) is 46.1 cm³/mol. The summed E-state index contributed by atoms with van der Waals surface area (Å²) in [5.74, 6) is 1.11. The van der Waals surface area contributed by atoms with Crippen molar-refractivity contribution in [2.24, 2.45) is 5.92 Å². The molecule has 0 atom stereocenters. The predicted octanol–water partition coefficient (Wildman–Crippen LogP) is 0.761. The van der Waals surface area contributed by atoms with E-state index in [4.69, 9.17) is 0 Å². The number of unbranched alkanes of at least 4 members (excludes halogenated alkanes) is 1. The van der Waals surface area contributed by atoms with Crippen molar-refractivity contribution in [1.29, 1.82) is 0 Å². The number of halogens is 1. The lowest BCUT2D eigenvalue weighted by atomic mass is 9.86. The van der Waals surface area contributed by atoms with E-state index in [1.54, 1.807) is 0 Å². The minimum absolute atomic E-state index is 0. The number of hydrogen-bond donors (Lipinski definition) is 0. The van der Waals surface area contributed by atoms with E-state index in [1.165, 1.54) is 51.4 Å². The largest absolute Gasteiger partial charge is 1.00 e. The van der Waals surface area contributed by atoms with E-state index in [9.17, 15) is 0 Å². The third kappa shape index (κ3) is 4.68. The normalized spacial score (nSPS) is 19.4. The molecule has 11 heavy (non-hydrogen) atoms. The van der Waals surface area contributed by atoms with Crippen LogP contribution < -0.4 is 12.4 Å². The molecule has 1 rings (SSSR count). The maximum Gasteiger partial charge on any atom is -0.0414 e. The van der Waals surface area contributed by atoms with Gasteiger partial charge in [-0.2, -0.15) is 0 Å². The summed E-state index contributed by atoms with van der Waals surface area (Å²) < 4.78 is 0. The van der Waals surface area contributed by atoms with Crippen molar-refractivity contribution in [1.82, 2.24) is 0 Å². The molecule has 0 bridgehead atoms. The molecular formula is C10H20Cl-. The van der Waals surface area contributed by atoms with Crippen LogP contribution in [0.25, 0.3) is 0 Å². The Morgan fingerprint density at radius 2 is 1.73 bits per heavy atom. The summed E-state index contributed by atoms with van der Waals surface area (Å²) >= 11 is 0. The Labute approximate surface area is 77.2 Å². The Hall–Kier alpha value is 0.290. The van der Waals surface area contributed by atoms with Crippen molar-refractivity contribution in [3.05, 3.63) is 0 Å². The minimum atomic E-state index is 0. The molecule has 0 aliphatic heterocycles. The molecule has 0 aromatic rings. The standard InChI is InChI=1S/C10H20.ClH/c1-2-3-7-10-8-5-4-6-9-10;/h10H,2-9H2,1H3;1H/p-1. The van der Waals surface area contributed by atoms with Gasteiger partial charge in [0.1, 0.15) is 0 Å². The average molecular weight is 176 g/mol. The minimum Gasteiger partial charge on any atom is -1.00 e. The molecule has 0 aromatic heterocycles. The Morgan fingerprint density at radius 3 is 2.27 bits per heavy atom. The Kier molecular flexibility index (Phi) is 7.15. The van der Waals surface area contributed by atoms with Crippen LogP contribution in [0.1, 0.15) is 58.3 Å². The van der Waals surface area contributed by atoms with E-state index in [0.29, 0.717) is 0 Å². The summed E-state index contributed by atoms with van der Waals surface area (Å²) in [6.07, 6.45) is 11.9. The molecule has 68 valence electrons. The molecule has 0 radical (unpaired) electrons. The molecule has 0 spiro atoms. The van der Waals surface area contributed by atoms with Crippen LogP contribution in [0.3, 0.4) is 0 Å². The molecule has 1 saturated carbocycles. The number of rotatable bonds is 3. The van der Waals surface area contributed by atoms with E-state index in [2.05, 4.69) is 6.92 Å². The van der Waals surface area contributed by atoms with E-state index in [-0.39, 0.29) is 12.4 Å². The quantitative estimate of drug-likeness (QED) is 0.595. The maximum atomic E-state index is 2.29. The fraction of sp³-hybridized carbons (Fsp3) is 1.00. The highest BCUT2D eigenvalue weighted by atomic mass is 35.5. The van der Waals surface area contributed by atoms with Crippen LogP contribution in [0.15, 0.2) is 0 Å². The molecule has 0 heterocycles. The summed E-state index contributed by atoms with van der Waals surface area (Å²) in [4.78, 5) is 0. The van der Waals surface area contributed by atoms with Crippen molar-refractivity contribution >= 4 is 0 Å². The zero-order valence-electron chi connectivity index (χ0n) is 7.61. The molecule has 1 aliphatic rings. The fourth-order valence-electron chi connectivity index (χ4n) is 1.97. The maximum absolute atomic E-state index is 2.29. The first-order valence-electron chi connectivity index (χ1n) is 4.93. The first kappa shape index (κ1) is 11.3. The van der Waals surface area contributed by atoms with Crippen LogP contribution in [-0.4, -0.2) is 0 Å². The van der Waals surface area contributed by atoms with Gasteiger partial charge >= 0.3 is 0 Å². The highest BCUT2D eigenvalue weighted by Gasteiger charge is 2.11. The van der Waals surface area contributed by atoms with Crippen LogP contribution in [-0.2, 0) is 0 Å². The molecule has 0 N–H and O–H groups in total. The van der Waals surface area contributed by atoms with Crippen molar-refractivity contribution in [2.75, 3.05) is 0 Å². The van der Waals surface area contributed by atoms with E-state index in [0.717, 1.165) is 5.92 Å². The first-order chi connectivity index (χ1) is 4.93. The molecule has 0 aromatic carbocycles. The van der Waals surface area contributed by atoms with Gasteiger partial charge in [0, 0.05) is 0 Å². The van der Waals surface area contributed by atoms with Crippen molar-refractivity contribution < 1.29 is 12.4 Å². The van der Waals surface area contributed by atoms with Gasteiger partial charge in [0.25, 0.3) is 0 Å². The van der Waals surface area contributed by atoms with Gasteiger partial charge in [-0.1, -0.05) is 58.3 Å². The summed E-state index contributed by atoms with van der Waals surface area (Å²) in [7, 11) is 0. The van der Waals surface area contributed by atoms with Gasteiger partial charge in [-0.15, -0.1) is 0 Å². The molecule has 0 unspecified atom stereocenters. The summed E-state index contributed by atoms with van der Waals surface area (Å²) in [5, 5.41) is 0. The Balaban J connectivity index is 0.000001000. The molecule has 0 nitrogen and oxygen atoms in total. The molecular weight excluding hydrogens is 156 g/mol. The lowest BCUT2D eigenvalue weighted by Crippen LogP contribution is -3.00. The highest BCUT2D eigenvalue weighted by molar-refractivity contribution is 4.65. The zero-order valence-corrected chi connectivity index (χ0v) is 8.37. The van der Waals surface area contributed by atoms with Gasteiger partial charge in [-0.25, -0.2) is 0 Å². The zero-order chi connectivity index (χ0) is 7.23. The first-order valence-corrected chi connectivity index (χ1v) is 4.93. The van der Waals surface area contributed by atoms with E-state index >= 15 is 0 Å². The van der Waals surface area contributed by atoms with Gasteiger partial charge in [0.2, 0.25) is 0 Å². The summed E-state index contributed by atoms with van der Waals surface area (Å²) in [6.45, 7) is 2.29. The van der Waals surface area contributed by atoms with Gasteiger partial charge in [0.15, 0.2) is 0 Å². The van der Waals surface area contributed by atoms with Crippen molar-refractivity contribution in [3.63, 3.8) is 0 Å². The average Bonchev–Trinajstić information content (AvgIpc) is 2.03. The Morgan fingerprint density at radius 1 is 1.09 bits per heavy atom. The van der Waals surface area contributed by atoms with Crippen LogP contribution in [0.5, 0.6) is 0 Å². The monoisotopic (exact) mass is 175 g/mol. The second-order valence-electron chi connectivity index (χ2n) is 3.65. The highest BCUT2D eigenvalue weighted by Crippen LogP contribution is 2.27. The van der Waals surface area contributed by atoms with E-state index in [1.807, 2.05) is 0 Å².